The fourth-order valence-corrected chi connectivity index (χ4v) is 3.29. The van der Waals surface area contributed by atoms with Gasteiger partial charge in [0.05, 0.1) is 6.61 Å². The summed E-state index contributed by atoms with van der Waals surface area (Å²) < 4.78 is 7.91. The maximum atomic E-state index is 5.77. The van der Waals surface area contributed by atoms with Gasteiger partial charge in [-0.15, -0.1) is 24.0 Å². The quantitative estimate of drug-likeness (QED) is 0.256. The number of ether oxygens (including phenoxy) is 1. The fourth-order valence-electron chi connectivity index (χ4n) is 3.29. The number of nitrogens with zero attached hydrogens (tertiary/aromatic N) is 3. The molecule has 1 aromatic heterocycles. The Bertz CT molecular complexity index is 999. The number of aryl methyl sites for hydroxylation is 2. The Morgan fingerprint density at radius 3 is 2.55 bits per heavy atom. The van der Waals surface area contributed by atoms with E-state index < -0.39 is 0 Å². The zero-order valence-corrected chi connectivity index (χ0v) is 21.0. The Morgan fingerprint density at radius 2 is 1.84 bits per heavy atom. The van der Waals surface area contributed by atoms with Gasteiger partial charge in [-0.2, -0.15) is 0 Å². The normalized spacial score (nSPS) is 11.0. The van der Waals surface area contributed by atoms with Gasteiger partial charge in [0, 0.05) is 44.6 Å². The van der Waals surface area contributed by atoms with E-state index in [1.165, 1.54) is 16.7 Å². The highest BCUT2D eigenvalue weighted by molar-refractivity contribution is 14.0. The Hall–Kier alpha value is -2.55. The number of imidazole rings is 1. The minimum Gasteiger partial charge on any atom is -0.494 e. The van der Waals surface area contributed by atoms with Gasteiger partial charge in [0.15, 0.2) is 5.96 Å². The summed E-state index contributed by atoms with van der Waals surface area (Å²) in [5.74, 6) is 2.70. The fraction of sp³-hybridized carbons (Fsp3) is 0.333. The van der Waals surface area contributed by atoms with Crippen molar-refractivity contribution in [2.45, 2.75) is 40.4 Å². The van der Waals surface area contributed by atoms with Crippen molar-refractivity contribution in [3.63, 3.8) is 0 Å². The number of aromatic nitrogens is 2. The molecule has 3 aromatic rings. The van der Waals surface area contributed by atoms with Crippen molar-refractivity contribution in [1.29, 1.82) is 0 Å². The molecule has 0 amide bonds. The molecule has 166 valence electrons. The molecule has 6 nitrogen and oxygen atoms in total. The van der Waals surface area contributed by atoms with Gasteiger partial charge in [0.1, 0.15) is 11.6 Å². The molecule has 0 aliphatic carbocycles. The van der Waals surface area contributed by atoms with E-state index in [2.05, 4.69) is 74.6 Å². The zero-order chi connectivity index (χ0) is 21.3. The molecule has 3 rings (SSSR count). The van der Waals surface area contributed by atoms with Crippen molar-refractivity contribution in [3.8, 4) is 5.75 Å². The summed E-state index contributed by atoms with van der Waals surface area (Å²) in [6.45, 7) is 8.91. The predicted octanol–water partition coefficient (Wildman–Crippen LogP) is 4.43. The zero-order valence-electron chi connectivity index (χ0n) is 18.7. The minimum absolute atomic E-state index is 0. The van der Waals surface area contributed by atoms with Crippen molar-refractivity contribution in [2.75, 3.05) is 13.7 Å². The van der Waals surface area contributed by atoms with Gasteiger partial charge in [0.25, 0.3) is 0 Å². The van der Waals surface area contributed by atoms with Gasteiger partial charge >= 0.3 is 0 Å². The van der Waals surface area contributed by atoms with Gasteiger partial charge in [-0.3, -0.25) is 4.99 Å². The van der Waals surface area contributed by atoms with Gasteiger partial charge in [0.2, 0.25) is 0 Å². The Balaban J connectivity index is 0.00000341. The molecule has 7 heteroatoms. The van der Waals surface area contributed by atoms with Crippen LogP contribution >= 0.6 is 24.0 Å². The first-order chi connectivity index (χ1) is 14.6. The average molecular weight is 533 g/mol. The van der Waals surface area contributed by atoms with Crippen LogP contribution in [-0.2, 0) is 19.6 Å². The summed E-state index contributed by atoms with van der Waals surface area (Å²) in [5.41, 5.74) is 4.76. The predicted molar refractivity (Wildman–Crippen MR) is 137 cm³/mol. The number of aliphatic imine (C=N–C) groups is 1. The lowest BCUT2D eigenvalue weighted by molar-refractivity contribution is 0.336. The summed E-state index contributed by atoms with van der Waals surface area (Å²) in [7, 11) is 1.78. The molecule has 2 aromatic carbocycles. The molecule has 0 unspecified atom stereocenters. The van der Waals surface area contributed by atoms with Crippen molar-refractivity contribution < 1.29 is 4.74 Å². The van der Waals surface area contributed by atoms with Gasteiger partial charge < -0.3 is 19.9 Å². The van der Waals surface area contributed by atoms with Crippen LogP contribution in [0.25, 0.3) is 0 Å². The van der Waals surface area contributed by atoms with Crippen molar-refractivity contribution in [3.05, 3.63) is 82.9 Å². The van der Waals surface area contributed by atoms with Crippen molar-refractivity contribution >= 4 is 29.9 Å². The van der Waals surface area contributed by atoms with E-state index in [1.807, 2.05) is 26.2 Å². The van der Waals surface area contributed by atoms with E-state index in [4.69, 9.17) is 4.74 Å². The Kier molecular flexibility index (Phi) is 9.84. The SMILES string of the molecule is CCOc1cc(C)ccc1CNC(=NC)NCc1cccc(Cn2ccnc2C)c1.I. The molecule has 0 saturated heterocycles. The Morgan fingerprint density at radius 1 is 1.06 bits per heavy atom. The monoisotopic (exact) mass is 533 g/mol. The van der Waals surface area contributed by atoms with E-state index in [-0.39, 0.29) is 24.0 Å². The molecular weight excluding hydrogens is 501 g/mol. The number of benzene rings is 2. The van der Waals surface area contributed by atoms with Crippen LogP contribution in [0.15, 0.2) is 59.9 Å². The number of hydrogen-bond acceptors (Lipinski definition) is 3. The van der Waals surface area contributed by atoms with Crippen molar-refractivity contribution in [1.82, 2.24) is 20.2 Å². The molecule has 0 aliphatic rings. The first-order valence-electron chi connectivity index (χ1n) is 10.3. The largest absolute Gasteiger partial charge is 0.494 e. The number of hydrogen-bond donors (Lipinski definition) is 2. The standard InChI is InChI=1S/C24H31N5O.HI/c1-5-30-23-13-18(2)9-10-22(23)16-28-24(25-4)27-15-20-7-6-8-21(14-20)17-29-12-11-26-19(29)3;/h6-14H,5,15-17H2,1-4H3,(H2,25,27,28);1H. The summed E-state index contributed by atoms with van der Waals surface area (Å²) >= 11 is 0. The molecule has 0 saturated carbocycles. The Labute approximate surface area is 202 Å². The summed E-state index contributed by atoms with van der Waals surface area (Å²) in [6, 6.07) is 14.8. The maximum absolute atomic E-state index is 5.77. The van der Waals surface area contributed by atoms with Crippen LogP contribution in [0, 0.1) is 13.8 Å². The highest BCUT2D eigenvalue weighted by atomic mass is 127. The third kappa shape index (κ3) is 7.27. The third-order valence-corrected chi connectivity index (χ3v) is 4.92. The van der Waals surface area contributed by atoms with E-state index in [0.717, 1.165) is 29.6 Å². The van der Waals surface area contributed by atoms with Crippen LogP contribution in [-0.4, -0.2) is 29.2 Å². The number of guanidine groups is 1. The van der Waals surface area contributed by atoms with E-state index in [1.54, 1.807) is 7.05 Å². The van der Waals surface area contributed by atoms with Crippen LogP contribution in [0.2, 0.25) is 0 Å². The lowest BCUT2D eigenvalue weighted by Gasteiger charge is -2.15. The van der Waals surface area contributed by atoms with E-state index in [0.29, 0.717) is 19.7 Å². The molecule has 0 atom stereocenters. The lowest BCUT2D eigenvalue weighted by Crippen LogP contribution is -2.36. The van der Waals surface area contributed by atoms with Gasteiger partial charge in [-0.25, -0.2) is 4.98 Å². The molecular formula is C24H32IN5O. The van der Waals surface area contributed by atoms with Gasteiger partial charge in [-0.05, 0) is 43.5 Å². The van der Waals surface area contributed by atoms with Crippen LogP contribution in [0.5, 0.6) is 5.75 Å². The summed E-state index contributed by atoms with van der Waals surface area (Å²) in [6.07, 6.45) is 3.84. The number of nitrogens with one attached hydrogen (secondary N) is 2. The average Bonchev–Trinajstić information content (AvgIpc) is 3.14. The molecule has 0 aliphatic heterocycles. The molecule has 1 heterocycles. The van der Waals surface area contributed by atoms with E-state index >= 15 is 0 Å². The molecule has 31 heavy (non-hydrogen) atoms. The van der Waals surface area contributed by atoms with Gasteiger partial charge in [-0.1, -0.05) is 36.4 Å². The second kappa shape index (κ2) is 12.3. The summed E-state index contributed by atoms with van der Waals surface area (Å²) in [4.78, 5) is 8.64. The smallest absolute Gasteiger partial charge is 0.191 e. The molecule has 2 N–H and O–H groups in total. The molecule has 0 spiro atoms. The lowest BCUT2D eigenvalue weighted by atomic mass is 10.1. The van der Waals surface area contributed by atoms with E-state index in [9.17, 15) is 0 Å². The second-order valence-electron chi connectivity index (χ2n) is 7.25. The number of halogens is 1. The topological polar surface area (TPSA) is 63.5 Å². The van der Waals surface area contributed by atoms with Crippen molar-refractivity contribution in [2.24, 2.45) is 4.99 Å². The van der Waals surface area contributed by atoms with Crippen LogP contribution < -0.4 is 15.4 Å². The highest BCUT2D eigenvalue weighted by Gasteiger charge is 2.06. The summed E-state index contributed by atoms with van der Waals surface area (Å²) in [5, 5.41) is 6.77. The van der Waals surface area contributed by atoms with Crippen LogP contribution in [0.3, 0.4) is 0 Å². The molecule has 0 radical (unpaired) electrons. The second-order valence-corrected chi connectivity index (χ2v) is 7.25. The molecule has 0 fully saturated rings. The van der Waals surface area contributed by atoms with Crippen LogP contribution in [0.1, 0.15) is 35.0 Å². The first kappa shape index (κ1) is 24.7. The number of rotatable bonds is 8. The molecule has 0 bridgehead atoms. The highest BCUT2D eigenvalue weighted by Crippen LogP contribution is 2.20. The third-order valence-electron chi connectivity index (χ3n) is 4.92. The minimum atomic E-state index is 0. The first-order valence-corrected chi connectivity index (χ1v) is 10.3. The van der Waals surface area contributed by atoms with Crippen LogP contribution in [0.4, 0.5) is 0 Å². The maximum Gasteiger partial charge on any atom is 0.191 e.